The van der Waals surface area contributed by atoms with Gasteiger partial charge in [0.1, 0.15) is 11.8 Å². The Balaban J connectivity index is 2.57. The van der Waals surface area contributed by atoms with Crippen LogP contribution in [0, 0.1) is 11.3 Å². The Hall–Kier alpha value is -3.01. The number of aromatic nitrogens is 1. The van der Waals surface area contributed by atoms with Crippen molar-refractivity contribution < 1.29 is 9.90 Å². The number of dihydropyridines is 1. The highest BCUT2D eigenvalue weighted by molar-refractivity contribution is 5.96. The minimum absolute atomic E-state index is 0.0338. The number of carboxylic acids is 1. The van der Waals surface area contributed by atoms with Gasteiger partial charge in [-0.1, -0.05) is 6.08 Å². The zero-order valence-corrected chi connectivity index (χ0v) is 12.3. The van der Waals surface area contributed by atoms with Crippen LogP contribution in [0.2, 0.25) is 0 Å². The molecule has 0 fully saturated rings. The number of aromatic carboxylic acids is 1. The Kier molecular flexibility index (Phi) is 4.63. The molecule has 2 rings (SSSR count). The van der Waals surface area contributed by atoms with Gasteiger partial charge in [-0.3, -0.25) is 4.99 Å². The third kappa shape index (κ3) is 3.35. The molecule has 7 heteroatoms. The highest BCUT2D eigenvalue weighted by Gasteiger charge is 2.19. The zero-order valence-electron chi connectivity index (χ0n) is 12.3. The molecule has 7 nitrogen and oxygen atoms in total. The third-order valence-electron chi connectivity index (χ3n) is 2.95. The van der Waals surface area contributed by atoms with E-state index in [1.54, 1.807) is 25.2 Å². The molecule has 0 unspecified atom stereocenters. The minimum atomic E-state index is -1.10. The van der Waals surface area contributed by atoms with Crippen LogP contribution in [0.4, 0.5) is 5.69 Å². The predicted octanol–water partition coefficient (Wildman–Crippen LogP) is 1.73. The molecular weight excluding hydrogens is 282 g/mol. The topological polar surface area (TPSA) is 102 Å². The maximum atomic E-state index is 11.5. The van der Waals surface area contributed by atoms with Gasteiger partial charge in [0.05, 0.1) is 24.1 Å². The standard InChI is InChI=1S/C15H15N5O2/c1-20(2)9-18-12-7-11(15(21)22)14(19-13(12)8-16)10-3-5-17-6-4-10/h3,6-7,9H,4-5H2,1-2H3,(H,21,22). The fraction of sp³-hybridized carbons (Fsp3) is 0.267. The molecule has 0 aliphatic carbocycles. The largest absolute Gasteiger partial charge is 0.478 e. The first-order valence-electron chi connectivity index (χ1n) is 6.59. The second-order valence-electron chi connectivity index (χ2n) is 4.86. The molecule has 0 bridgehead atoms. The summed E-state index contributed by atoms with van der Waals surface area (Å²) < 4.78 is 0. The lowest BCUT2D eigenvalue weighted by atomic mass is 10.0. The molecule has 0 saturated heterocycles. The summed E-state index contributed by atoms with van der Waals surface area (Å²) in [5.41, 5.74) is 1.43. The number of nitriles is 1. The molecule has 1 N–H and O–H groups in total. The Morgan fingerprint density at radius 1 is 1.55 bits per heavy atom. The van der Waals surface area contributed by atoms with Gasteiger partial charge in [-0.15, -0.1) is 0 Å². The number of carbonyl (C=O) groups is 1. The van der Waals surface area contributed by atoms with E-state index < -0.39 is 5.97 Å². The zero-order chi connectivity index (χ0) is 16.1. The van der Waals surface area contributed by atoms with E-state index in [1.165, 1.54) is 12.4 Å². The number of hydrogen-bond donors (Lipinski definition) is 1. The Morgan fingerprint density at radius 2 is 2.32 bits per heavy atom. The molecule has 22 heavy (non-hydrogen) atoms. The van der Waals surface area contributed by atoms with Crippen molar-refractivity contribution >= 4 is 29.8 Å². The molecule has 1 aromatic heterocycles. The lowest BCUT2D eigenvalue weighted by molar-refractivity contribution is 0.0696. The predicted molar refractivity (Wildman–Crippen MR) is 83.7 cm³/mol. The monoisotopic (exact) mass is 297 g/mol. The van der Waals surface area contributed by atoms with E-state index >= 15 is 0 Å². The van der Waals surface area contributed by atoms with E-state index in [-0.39, 0.29) is 16.9 Å². The Bertz CT molecular complexity index is 726. The van der Waals surface area contributed by atoms with Crippen molar-refractivity contribution in [3.63, 3.8) is 0 Å². The quantitative estimate of drug-likeness (QED) is 0.673. The van der Waals surface area contributed by atoms with Crippen molar-refractivity contribution in [3.8, 4) is 6.07 Å². The number of allylic oxidation sites excluding steroid dienone is 1. The van der Waals surface area contributed by atoms with Crippen LogP contribution in [-0.2, 0) is 0 Å². The van der Waals surface area contributed by atoms with E-state index in [4.69, 9.17) is 0 Å². The van der Waals surface area contributed by atoms with Crippen LogP contribution in [0.3, 0.4) is 0 Å². The maximum absolute atomic E-state index is 11.5. The molecule has 1 aliphatic rings. The minimum Gasteiger partial charge on any atom is -0.478 e. The number of aliphatic imine (C=N–C) groups is 2. The van der Waals surface area contributed by atoms with Crippen LogP contribution in [0.25, 0.3) is 5.57 Å². The molecule has 0 saturated carbocycles. The Morgan fingerprint density at radius 3 is 2.86 bits per heavy atom. The van der Waals surface area contributed by atoms with Gasteiger partial charge in [0.15, 0.2) is 5.69 Å². The van der Waals surface area contributed by atoms with Gasteiger partial charge in [0.25, 0.3) is 0 Å². The number of nitrogens with zero attached hydrogens (tertiary/aromatic N) is 5. The summed E-state index contributed by atoms with van der Waals surface area (Å²) >= 11 is 0. The van der Waals surface area contributed by atoms with Crippen molar-refractivity contribution in [1.29, 1.82) is 5.26 Å². The number of carboxylic acid groups (broad SMARTS) is 1. The lowest BCUT2D eigenvalue weighted by Gasteiger charge is -2.12. The molecule has 0 spiro atoms. The second-order valence-corrected chi connectivity index (χ2v) is 4.86. The van der Waals surface area contributed by atoms with Crippen LogP contribution < -0.4 is 0 Å². The molecular formula is C15H15N5O2. The van der Waals surface area contributed by atoms with E-state index in [9.17, 15) is 15.2 Å². The normalized spacial score (nSPS) is 13.8. The number of pyridine rings is 1. The first kappa shape index (κ1) is 15.4. The van der Waals surface area contributed by atoms with Gasteiger partial charge in [0, 0.05) is 26.7 Å². The average molecular weight is 297 g/mol. The molecule has 1 aromatic rings. The molecule has 2 heterocycles. The highest BCUT2D eigenvalue weighted by atomic mass is 16.4. The van der Waals surface area contributed by atoms with Gasteiger partial charge in [-0.2, -0.15) is 5.26 Å². The van der Waals surface area contributed by atoms with E-state index in [0.717, 1.165) is 5.57 Å². The maximum Gasteiger partial charge on any atom is 0.337 e. The van der Waals surface area contributed by atoms with Gasteiger partial charge in [-0.05, 0) is 11.6 Å². The van der Waals surface area contributed by atoms with E-state index in [0.29, 0.717) is 18.7 Å². The second kappa shape index (κ2) is 6.63. The SMILES string of the molecule is CN(C)C=Nc1cc(C(=O)O)c(C2=CCN=CC2)nc1C#N. The van der Waals surface area contributed by atoms with Crippen molar-refractivity contribution in [2.24, 2.45) is 9.98 Å². The van der Waals surface area contributed by atoms with Crippen molar-refractivity contribution in [1.82, 2.24) is 9.88 Å². The Labute approximate surface area is 128 Å². The third-order valence-corrected chi connectivity index (χ3v) is 2.95. The summed E-state index contributed by atoms with van der Waals surface area (Å²) in [6, 6.07) is 3.35. The van der Waals surface area contributed by atoms with Crippen molar-refractivity contribution in [3.05, 3.63) is 29.1 Å². The molecule has 0 radical (unpaired) electrons. The molecule has 1 aliphatic heterocycles. The summed E-state index contributed by atoms with van der Waals surface area (Å²) in [6.07, 6.45) is 5.53. The summed E-state index contributed by atoms with van der Waals surface area (Å²) in [5, 5.41) is 18.7. The number of hydrogen-bond acceptors (Lipinski definition) is 5. The first-order valence-corrected chi connectivity index (χ1v) is 6.59. The summed E-state index contributed by atoms with van der Waals surface area (Å²) in [5.74, 6) is -1.10. The van der Waals surface area contributed by atoms with Crippen LogP contribution in [0.15, 0.2) is 22.1 Å². The smallest absolute Gasteiger partial charge is 0.337 e. The van der Waals surface area contributed by atoms with Crippen LogP contribution >= 0.6 is 0 Å². The lowest BCUT2D eigenvalue weighted by Crippen LogP contribution is -2.09. The van der Waals surface area contributed by atoms with Crippen LogP contribution in [0.1, 0.15) is 28.2 Å². The molecule has 0 atom stereocenters. The molecule has 0 amide bonds. The van der Waals surface area contributed by atoms with Crippen LogP contribution in [-0.4, -0.2) is 54.2 Å². The van der Waals surface area contributed by atoms with E-state index in [2.05, 4.69) is 15.0 Å². The van der Waals surface area contributed by atoms with Crippen molar-refractivity contribution in [2.75, 3.05) is 20.6 Å². The van der Waals surface area contributed by atoms with Gasteiger partial charge in [0.2, 0.25) is 0 Å². The van der Waals surface area contributed by atoms with Crippen molar-refractivity contribution in [2.45, 2.75) is 6.42 Å². The molecule has 112 valence electrons. The van der Waals surface area contributed by atoms with Gasteiger partial charge < -0.3 is 10.0 Å². The fourth-order valence-corrected chi connectivity index (χ4v) is 1.95. The number of rotatable bonds is 4. The average Bonchev–Trinajstić information content (AvgIpc) is 2.52. The van der Waals surface area contributed by atoms with E-state index in [1.807, 2.05) is 12.1 Å². The highest BCUT2D eigenvalue weighted by Crippen LogP contribution is 2.27. The first-order chi connectivity index (χ1) is 10.5. The summed E-state index contributed by atoms with van der Waals surface area (Å²) in [6.45, 7) is 0.485. The summed E-state index contributed by atoms with van der Waals surface area (Å²) in [4.78, 5) is 25.6. The van der Waals surface area contributed by atoms with Gasteiger partial charge in [-0.25, -0.2) is 14.8 Å². The summed E-state index contributed by atoms with van der Waals surface area (Å²) in [7, 11) is 3.56. The van der Waals surface area contributed by atoms with Gasteiger partial charge >= 0.3 is 5.97 Å². The molecule has 0 aromatic carbocycles. The van der Waals surface area contributed by atoms with Crippen LogP contribution in [0.5, 0.6) is 0 Å². The fourth-order valence-electron chi connectivity index (χ4n) is 1.95.